The molecule has 1 aliphatic carbocycles. The van der Waals surface area contributed by atoms with Gasteiger partial charge in [-0.2, -0.15) is 5.10 Å². The van der Waals surface area contributed by atoms with E-state index in [1.165, 1.54) is 11.1 Å². The summed E-state index contributed by atoms with van der Waals surface area (Å²) in [6, 6.07) is 19.1. The van der Waals surface area contributed by atoms with E-state index < -0.39 is 5.97 Å². The van der Waals surface area contributed by atoms with Gasteiger partial charge >= 0.3 is 5.97 Å². The number of nitrogens with zero attached hydrogens (tertiary/aromatic N) is 3. The van der Waals surface area contributed by atoms with Crippen LogP contribution in [0.2, 0.25) is 0 Å². The van der Waals surface area contributed by atoms with Gasteiger partial charge in [0.1, 0.15) is 5.75 Å². The number of carboxylic acids is 1. The predicted molar refractivity (Wildman–Crippen MR) is 159 cm³/mol. The van der Waals surface area contributed by atoms with Gasteiger partial charge in [-0.1, -0.05) is 48.6 Å². The summed E-state index contributed by atoms with van der Waals surface area (Å²) < 4.78 is 7.82. The summed E-state index contributed by atoms with van der Waals surface area (Å²) in [5, 5.41) is 13.9. The van der Waals surface area contributed by atoms with Gasteiger partial charge in [-0.15, -0.1) is 0 Å². The maximum atomic E-state index is 13.5. The maximum absolute atomic E-state index is 13.5. The van der Waals surface area contributed by atoms with Gasteiger partial charge in [-0.05, 0) is 72.4 Å². The summed E-state index contributed by atoms with van der Waals surface area (Å²) in [4.78, 5) is 26.8. The molecule has 0 radical (unpaired) electrons. The molecule has 0 spiro atoms. The highest BCUT2D eigenvalue weighted by Gasteiger charge is 2.38. The quantitative estimate of drug-likeness (QED) is 0.194. The van der Waals surface area contributed by atoms with Gasteiger partial charge in [0.05, 0.1) is 24.9 Å². The van der Waals surface area contributed by atoms with E-state index in [1.807, 2.05) is 52.3 Å². The van der Waals surface area contributed by atoms with Crippen molar-refractivity contribution >= 4 is 17.6 Å². The summed E-state index contributed by atoms with van der Waals surface area (Å²) in [6.45, 7) is 5.78. The van der Waals surface area contributed by atoms with Crippen LogP contribution >= 0.6 is 0 Å². The van der Waals surface area contributed by atoms with Gasteiger partial charge in [0.25, 0.3) is 0 Å². The molecule has 6 rings (SSSR count). The van der Waals surface area contributed by atoms with Crippen molar-refractivity contribution in [3.05, 3.63) is 113 Å². The zero-order valence-corrected chi connectivity index (χ0v) is 23.3. The number of aromatic carboxylic acids is 1. The third-order valence-corrected chi connectivity index (χ3v) is 8.24. The van der Waals surface area contributed by atoms with Crippen LogP contribution < -0.4 is 9.64 Å². The predicted octanol–water partition coefficient (Wildman–Crippen LogP) is 6.39. The smallest absolute Gasteiger partial charge is 0.335 e. The van der Waals surface area contributed by atoms with Crippen LogP contribution in [0.15, 0.2) is 85.2 Å². The topological polar surface area (TPSA) is 84.7 Å². The fourth-order valence-corrected chi connectivity index (χ4v) is 5.80. The molecule has 0 saturated heterocycles. The Bertz CT molecular complexity index is 1650. The Balaban J connectivity index is 1.18. The molecule has 2 atom stereocenters. The molecule has 1 aromatic heterocycles. The lowest BCUT2D eigenvalue weighted by atomic mass is 9.71. The molecule has 0 fully saturated rings. The van der Waals surface area contributed by atoms with Crippen LogP contribution in [-0.2, 0) is 11.3 Å². The molecule has 1 aliphatic heterocycles. The third-order valence-electron chi connectivity index (χ3n) is 8.24. The molecule has 4 aromatic rings. The molecule has 2 unspecified atom stereocenters. The summed E-state index contributed by atoms with van der Waals surface area (Å²) in [6.07, 6.45) is 9.34. The summed E-state index contributed by atoms with van der Waals surface area (Å²) in [5.41, 5.74) is 7.65. The molecule has 7 heteroatoms. The number of aromatic nitrogens is 2. The van der Waals surface area contributed by atoms with E-state index in [0.29, 0.717) is 38.5 Å². The van der Waals surface area contributed by atoms with E-state index in [1.54, 1.807) is 18.2 Å². The summed E-state index contributed by atoms with van der Waals surface area (Å²) in [5.74, 6) is 0.616. The monoisotopic (exact) mass is 547 g/mol. The van der Waals surface area contributed by atoms with Gasteiger partial charge in [0, 0.05) is 42.2 Å². The van der Waals surface area contributed by atoms with Crippen molar-refractivity contribution < 1.29 is 19.4 Å². The average Bonchev–Trinajstić information content (AvgIpc) is 3.41. The minimum Gasteiger partial charge on any atom is -0.493 e. The number of carbonyl (C=O) groups is 2. The Labute approximate surface area is 239 Å². The van der Waals surface area contributed by atoms with Gasteiger partial charge in [-0.25, -0.2) is 4.79 Å². The van der Waals surface area contributed by atoms with Crippen LogP contribution in [-0.4, -0.2) is 39.9 Å². The van der Waals surface area contributed by atoms with Crippen LogP contribution in [0.1, 0.15) is 51.4 Å². The van der Waals surface area contributed by atoms with Crippen molar-refractivity contribution in [2.24, 2.45) is 5.92 Å². The maximum Gasteiger partial charge on any atom is 0.335 e. The van der Waals surface area contributed by atoms with Crippen molar-refractivity contribution in [2.45, 2.75) is 39.2 Å². The zero-order valence-electron chi connectivity index (χ0n) is 23.3. The summed E-state index contributed by atoms with van der Waals surface area (Å²) >= 11 is 0. The molecular weight excluding hydrogens is 514 g/mol. The molecule has 7 nitrogen and oxygen atoms in total. The van der Waals surface area contributed by atoms with Crippen LogP contribution in [0.3, 0.4) is 0 Å². The Morgan fingerprint density at radius 1 is 1.05 bits per heavy atom. The Kier molecular flexibility index (Phi) is 7.18. The molecule has 41 heavy (non-hydrogen) atoms. The second kappa shape index (κ2) is 11.1. The fourth-order valence-electron chi connectivity index (χ4n) is 5.80. The number of hydrogen-bond donors (Lipinski definition) is 1. The molecule has 3 aromatic carbocycles. The second-order valence-electron chi connectivity index (χ2n) is 10.9. The highest BCUT2D eigenvalue weighted by Crippen LogP contribution is 2.49. The van der Waals surface area contributed by atoms with Crippen molar-refractivity contribution in [1.29, 1.82) is 0 Å². The number of aryl methyl sites for hydroxylation is 1. The van der Waals surface area contributed by atoms with Gasteiger partial charge in [0.2, 0.25) is 5.91 Å². The highest BCUT2D eigenvalue weighted by molar-refractivity contribution is 5.97. The first-order valence-electron chi connectivity index (χ1n) is 14.0. The Morgan fingerprint density at radius 3 is 2.68 bits per heavy atom. The van der Waals surface area contributed by atoms with Crippen molar-refractivity contribution in [1.82, 2.24) is 9.78 Å². The normalized spacial score (nSPS) is 17.0. The van der Waals surface area contributed by atoms with Gasteiger partial charge < -0.3 is 14.7 Å². The van der Waals surface area contributed by atoms with E-state index in [0.717, 1.165) is 33.7 Å². The van der Waals surface area contributed by atoms with Gasteiger partial charge in [0.15, 0.2) is 0 Å². The summed E-state index contributed by atoms with van der Waals surface area (Å²) in [7, 11) is 0. The number of carboxylic acid groups (broad SMARTS) is 1. The standard InChI is InChI=1S/C34H33N3O4/c1-22-7-3-12-31(23(22)2)41-16-6-13-32(38)37-21-26-14-15-29(26)33-28(10-5-11-30(33)37)27-18-35-36(20-27)19-24-8-4-9-25(17-24)34(39)40/h3-5,7-12,14-15,17-18,20,26,29H,6,13,16,19,21H2,1-2H3,(H,39,40). The van der Waals surface area contributed by atoms with Crippen LogP contribution in [0.5, 0.6) is 5.75 Å². The number of amides is 1. The lowest BCUT2D eigenvalue weighted by molar-refractivity contribution is -0.119. The highest BCUT2D eigenvalue weighted by atomic mass is 16.5. The fraction of sp³-hybridized carbons (Fsp3) is 0.265. The zero-order chi connectivity index (χ0) is 28.5. The minimum atomic E-state index is -0.944. The van der Waals surface area contributed by atoms with E-state index in [-0.39, 0.29) is 17.4 Å². The minimum absolute atomic E-state index is 0.112. The molecule has 2 heterocycles. The number of carbonyl (C=O) groups excluding carboxylic acids is 1. The first-order chi connectivity index (χ1) is 19.9. The molecule has 208 valence electrons. The van der Waals surface area contributed by atoms with E-state index in [2.05, 4.69) is 43.2 Å². The third kappa shape index (κ3) is 5.27. The second-order valence-corrected chi connectivity index (χ2v) is 10.9. The molecule has 0 saturated carbocycles. The first kappa shape index (κ1) is 26.6. The lowest BCUT2D eigenvalue weighted by Crippen LogP contribution is -2.43. The number of ether oxygens (including phenoxy) is 1. The van der Waals surface area contributed by atoms with Gasteiger partial charge in [-0.3, -0.25) is 9.48 Å². The number of benzene rings is 3. The number of fused-ring (bicyclic) bond motifs is 3. The lowest BCUT2D eigenvalue weighted by Gasteiger charge is -2.43. The number of allylic oxidation sites excluding steroid dienone is 1. The van der Waals surface area contributed by atoms with Crippen LogP contribution in [0.25, 0.3) is 11.1 Å². The van der Waals surface area contributed by atoms with E-state index in [9.17, 15) is 14.7 Å². The first-order valence-corrected chi connectivity index (χ1v) is 14.0. The van der Waals surface area contributed by atoms with Crippen LogP contribution in [0.4, 0.5) is 5.69 Å². The largest absolute Gasteiger partial charge is 0.493 e. The Hall–Kier alpha value is -4.65. The van der Waals surface area contributed by atoms with E-state index in [4.69, 9.17) is 4.74 Å². The number of anilines is 1. The molecule has 2 aliphatic rings. The van der Waals surface area contributed by atoms with E-state index >= 15 is 0 Å². The van der Waals surface area contributed by atoms with Crippen LogP contribution in [0, 0.1) is 19.8 Å². The van der Waals surface area contributed by atoms with Crippen molar-refractivity contribution in [3.63, 3.8) is 0 Å². The molecular formula is C34H33N3O4. The van der Waals surface area contributed by atoms with Crippen molar-refractivity contribution in [3.8, 4) is 16.9 Å². The SMILES string of the molecule is Cc1cccc(OCCCC(=O)N2CC3C=CC3c3c(-c4cnn(Cc5cccc(C(=O)O)c5)c4)cccc32)c1C. The van der Waals surface area contributed by atoms with Crippen molar-refractivity contribution in [2.75, 3.05) is 18.1 Å². The average molecular weight is 548 g/mol. The Morgan fingerprint density at radius 2 is 1.88 bits per heavy atom. The number of rotatable bonds is 9. The molecule has 1 N–H and O–H groups in total. The molecule has 0 bridgehead atoms. The molecule has 1 amide bonds. The number of hydrogen-bond acceptors (Lipinski definition) is 4.